The molecular weight excluding hydrogens is 581 g/mol. The Labute approximate surface area is 257 Å². The number of hydrogen-bond acceptors (Lipinski definition) is 10. The molecule has 2 radical (unpaired) electrons. The van der Waals surface area contributed by atoms with Crippen LogP contribution in [0, 0.1) is 6.92 Å². The van der Waals surface area contributed by atoms with Crippen molar-refractivity contribution >= 4 is 30.8 Å². The fourth-order valence-corrected chi connectivity index (χ4v) is 3.72. The zero-order chi connectivity index (χ0) is 33.7. The number of anilines is 2. The lowest BCUT2D eigenvalue weighted by molar-refractivity contribution is -0.0597. The van der Waals surface area contributed by atoms with Crippen LogP contribution in [0.3, 0.4) is 0 Å². The molecule has 0 bridgehead atoms. The van der Waals surface area contributed by atoms with E-state index in [2.05, 4.69) is 30.6 Å². The molecule has 5 N–H and O–H groups in total. The van der Waals surface area contributed by atoms with Crippen LogP contribution >= 0.6 is 0 Å². The van der Waals surface area contributed by atoms with Gasteiger partial charge in [0.1, 0.15) is 11.2 Å². The predicted molar refractivity (Wildman–Crippen MR) is 166 cm³/mol. The van der Waals surface area contributed by atoms with Crippen LogP contribution in [0.2, 0.25) is 0 Å². The maximum atomic E-state index is 12.4. The quantitative estimate of drug-likeness (QED) is 0.112. The summed E-state index contributed by atoms with van der Waals surface area (Å²) in [6.45, 7) is 12.1. The monoisotopic (exact) mass is 625 g/mol. The maximum absolute atomic E-state index is 12.4. The molecule has 1 unspecified atom stereocenters. The SMILES string of the molecule is CC.CCC(F)F.CN1CCCC(F)(F)C1.[B]C(O)(O)Nc1nc(N)nn2ccc(-c3ccc(N=NC(C)CC)c(C)n3)c12. The van der Waals surface area contributed by atoms with Gasteiger partial charge in [-0.15, -0.1) is 5.10 Å². The third-order valence-electron chi connectivity index (χ3n) is 6.01. The maximum Gasteiger partial charge on any atom is 0.260 e. The first-order valence-corrected chi connectivity index (χ1v) is 14.4. The van der Waals surface area contributed by atoms with Gasteiger partial charge in [-0.2, -0.15) is 15.2 Å². The minimum Gasteiger partial charge on any atom is -0.366 e. The number of fused-ring (bicyclic) bond motifs is 1. The lowest BCUT2D eigenvalue weighted by Gasteiger charge is -2.28. The molecule has 4 heterocycles. The number of halogens is 4. The lowest BCUT2D eigenvalue weighted by atomic mass is 10.0. The number of piperidine rings is 1. The zero-order valence-electron chi connectivity index (χ0n) is 26.4. The molecule has 3 aromatic heterocycles. The molecular formula is C28H44BF4N9O2. The summed E-state index contributed by atoms with van der Waals surface area (Å²) in [5.74, 6) is -5.11. The highest BCUT2D eigenvalue weighted by atomic mass is 19.3. The molecule has 244 valence electrons. The van der Waals surface area contributed by atoms with Gasteiger partial charge in [0.2, 0.25) is 12.4 Å². The highest BCUT2D eigenvalue weighted by Crippen LogP contribution is 2.31. The van der Waals surface area contributed by atoms with Gasteiger partial charge in [0, 0.05) is 24.6 Å². The number of azo groups is 1. The van der Waals surface area contributed by atoms with Crippen molar-refractivity contribution in [1.29, 1.82) is 0 Å². The van der Waals surface area contributed by atoms with Crippen LogP contribution in [-0.4, -0.2) is 86.9 Å². The Kier molecular flexibility index (Phi) is 15.6. The van der Waals surface area contributed by atoms with Crippen LogP contribution < -0.4 is 11.1 Å². The van der Waals surface area contributed by atoms with E-state index in [-0.39, 0.29) is 37.2 Å². The normalized spacial score (nSPS) is 15.5. The first-order valence-electron chi connectivity index (χ1n) is 14.4. The highest BCUT2D eigenvalue weighted by Gasteiger charge is 2.33. The molecule has 0 saturated carbocycles. The van der Waals surface area contributed by atoms with Crippen molar-refractivity contribution in [2.24, 2.45) is 10.2 Å². The number of nitrogen functional groups attached to an aromatic ring is 1. The Hall–Kier alpha value is -3.37. The molecule has 1 atom stereocenters. The average Bonchev–Trinajstić information content (AvgIpc) is 3.36. The van der Waals surface area contributed by atoms with Crippen molar-refractivity contribution in [2.75, 3.05) is 31.2 Å². The second-order valence-corrected chi connectivity index (χ2v) is 9.96. The molecule has 44 heavy (non-hydrogen) atoms. The van der Waals surface area contributed by atoms with E-state index in [1.807, 2.05) is 40.7 Å². The second-order valence-electron chi connectivity index (χ2n) is 9.96. The van der Waals surface area contributed by atoms with Gasteiger partial charge in [-0.05, 0) is 58.5 Å². The number of alkyl halides is 4. The highest BCUT2D eigenvalue weighted by molar-refractivity contribution is 6.14. The van der Waals surface area contributed by atoms with Crippen LogP contribution in [0.25, 0.3) is 16.8 Å². The Balaban J connectivity index is 0.000000497. The summed E-state index contributed by atoms with van der Waals surface area (Å²) in [6.07, 6.45) is 1.12. The number of pyridine rings is 1. The number of nitrogens with two attached hydrogens (primary N) is 1. The molecule has 0 aromatic carbocycles. The molecule has 1 saturated heterocycles. The van der Waals surface area contributed by atoms with Crippen LogP contribution in [0.5, 0.6) is 0 Å². The minimum atomic E-state index is -2.67. The van der Waals surface area contributed by atoms with Crippen LogP contribution in [0.15, 0.2) is 34.6 Å². The summed E-state index contributed by atoms with van der Waals surface area (Å²) >= 11 is 0. The average molecular weight is 626 g/mol. The number of aromatic nitrogens is 4. The molecule has 3 aromatic rings. The van der Waals surface area contributed by atoms with E-state index in [0.717, 1.165) is 13.0 Å². The second kappa shape index (κ2) is 17.8. The summed E-state index contributed by atoms with van der Waals surface area (Å²) in [7, 11) is 6.96. The molecule has 1 aliphatic rings. The molecule has 4 rings (SSSR count). The van der Waals surface area contributed by atoms with E-state index >= 15 is 0 Å². The molecule has 11 nitrogen and oxygen atoms in total. The summed E-state index contributed by atoms with van der Waals surface area (Å²) in [5, 5.41) is 33.9. The molecule has 1 fully saturated rings. The number of hydrogen-bond donors (Lipinski definition) is 4. The summed E-state index contributed by atoms with van der Waals surface area (Å²) in [4.78, 5) is 10.3. The standard InChI is InChI=1S/C17H21BN8O2.C6H11F2N.C3H6F2.C2H6/c1-4-9(2)23-24-12-5-6-13(20-10(12)3)11-7-8-26-14(11)15(21-16(19)25-26)22-17(18,27)28;1-9-4-2-3-6(7,8)5-9;1-2-3(4)5;1-2/h5-9,27-28H,4H2,1-3H3,(H3,19,21,22,25);2-5H2,1H3;3H,2H2,1H3;1-2H3. The van der Waals surface area contributed by atoms with E-state index in [4.69, 9.17) is 13.6 Å². The van der Waals surface area contributed by atoms with E-state index in [1.54, 1.807) is 30.3 Å². The van der Waals surface area contributed by atoms with Crippen LogP contribution in [0.4, 0.5) is 35.0 Å². The molecule has 1 aliphatic heterocycles. The van der Waals surface area contributed by atoms with Crippen molar-refractivity contribution in [3.8, 4) is 11.3 Å². The summed E-state index contributed by atoms with van der Waals surface area (Å²) in [5.41, 5.74) is 8.77. The Bertz CT molecular complexity index is 1320. The van der Waals surface area contributed by atoms with Crippen molar-refractivity contribution in [3.05, 3.63) is 30.1 Å². The van der Waals surface area contributed by atoms with Crippen molar-refractivity contribution in [2.45, 2.75) is 91.4 Å². The number of aryl methyl sites for hydroxylation is 1. The first kappa shape index (κ1) is 38.7. The number of likely N-dealkylation sites (tertiary alicyclic amines) is 1. The number of nitrogens with one attached hydrogen (secondary N) is 1. The Morgan fingerprint density at radius 3 is 2.27 bits per heavy atom. The van der Waals surface area contributed by atoms with Gasteiger partial charge in [0.05, 0.1) is 24.0 Å². The topological polar surface area (TPSA) is 150 Å². The van der Waals surface area contributed by atoms with Gasteiger partial charge in [-0.3, -0.25) is 4.98 Å². The fraction of sp³-hybridized carbons (Fsp3) is 0.607. The van der Waals surface area contributed by atoms with E-state index in [1.165, 1.54) is 11.4 Å². The smallest absolute Gasteiger partial charge is 0.260 e. The largest absolute Gasteiger partial charge is 0.366 e. The molecule has 0 aliphatic carbocycles. The lowest BCUT2D eigenvalue weighted by Crippen LogP contribution is -2.39. The molecule has 16 heteroatoms. The number of nitrogens with zero attached hydrogens (tertiary/aromatic N) is 7. The Morgan fingerprint density at radius 1 is 1.16 bits per heavy atom. The minimum absolute atomic E-state index is 0.0278. The van der Waals surface area contributed by atoms with Crippen LogP contribution in [-0.2, 0) is 0 Å². The van der Waals surface area contributed by atoms with Gasteiger partial charge in [0.15, 0.2) is 19.5 Å². The van der Waals surface area contributed by atoms with Gasteiger partial charge in [-0.25, -0.2) is 22.1 Å². The van der Waals surface area contributed by atoms with E-state index in [9.17, 15) is 27.8 Å². The zero-order valence-corrected chi connectivity index (χ0v) is 26.4. The van der Waals surface area contributed by atoms with E-state index < -0.39 is 18.2 Å². The van der Waals surface area contributed by atoms with Gasteiger partial charge in [-0.1, -0.05) is 27.7 Å². The summed E-state index contributed by atoms with van der Waals surface area (Å²) in [6, 6.07) is 5.52. The van der Waals surface area contributed by atoms with Gasteiger partial charge < -0.3 is 26.2 Å². The van der Waals surface area contributed by atoms with Gasteiger partial charge in [0.25, 0.3) is 5.92 Å². The molecule has 0 spiro atoms. The van der Waals surface area contributed by atoms with Crippen molar-refractivity contribution in [1.82, 2.24) is 24.5 Å². The van der Waals surface area contributed by atoms with Gasteiger partial charge >= 0.3 is 0 Å². The number of aliphatic hydroxyl groups is 2. The third-order valence-corrected chi connectivity index (χ3v) is 6.01. The first-order chi connectivity index (χ1) is 20.5. The van der Waals surface area contributed by atoms with Crippen molar-refractivity contribution < 1.29 is 27.8 Å². The third kappa shape index (κ3) is 13.1. The summed E-state index contributed by atoms with van der Waals surface area (Å²) < 4.78 is 47.8. The fourth-order valence-electron chi connectivity index (χ4n) is 3.72. The predicted octanol–water partition coefficient (Wildman–Crippen LogP) is 5.78. The number of rotatable bonds is 7. The molecule has 0 amide bonds. The van der Waals surface area contributed by atoms with E-state index in [0.29, 0.717) is 34.6 Å². The van der Waals surface area contributed by atoms with Crippen LogP contribution in [0.1, 0.15) is 66.0 Å². The Morgan fingerprint density at radius 2 is 1.80 bits per heavy atom. The van der Waals surface area contributed by atoms with Crippen molar-refractivity contribution in [3.63, 3.8) is 0 Å².